The maximum Gasteiger partial charge on any atom is 0.319 e. The van der Waals surface area contributed by atoms with Crippen LogP contribution in [-0.4, -0.2) is 40.8 Å². The SMILES string of the molecule is COC(=O)CNCc1noc([C@H](CCCC2CCCCC2)C(C(=O)O)C(C)(C)C)n1. The molecule has 170 valence electrons. The van der Waals surface area contributed by atoms with Crippen molar-refractivity contribution >= 4 is 11.9 Å². The summed E-state index contributed by atoms with van der Waals surface area (Å²) in [7, 11) is 1.33. The fourth-order valence-electron chi connectivity index (χ4n) is 4.52. The second-order valence-corrected chi connectivity index (χ2v) is 9.45. The predicted molar refractivity (Wildman–Crippen MR) is 112 cm³/mol. The van der Waals surface area contributed by atoms with Crippen LogP contribution in [0.25, 0.3) is 0 Å². The zero-order valence-electron chi connectivity index (χ0n) is 18.8. The van der Waals surface area contributed by atoms with Gasteiger partial charge in [0.2, 0.25) is 5.89 Å². The smallest absolute Gasteiger partial charge is 0.319 e. The van der Waals surface area contributed by atoms with Gasteiger partial charge in [-0.2, -0.15) is 4.98 Å². The number of carbonyl (C=O) groups excluding carboxylic acids is 1. The monoisotopic (exact) mass is 423 g/mol. The van der Waals surface area contributed by atoms with E-state index in [9.17, 15) is 14.7 Å². The molecule has 1 unspecified atom stereocenters. The van der Waals surface area contributed by atoms with Crippen molar-refractivity contribution in [1.82, 2.24) is 15.5 Å². The van der Waals surface area contributed by atoms with E-state index in [2.05, 4.69) is 20.2 Å². The number of carbonyl (C=O) groups is 2. The summed E-state index contributed by atoms with van der Waals surface area (Å²) in [5.41, 5.74) is -0.445. The second-order valence-electron chi connectivity index (χ2n) is 9.45. The lowest BCUT2D eigenvalue weighted by atomic mass is 9.71. The molecule has 1 fully saturated rings. The first-order valence-corrected chi connectivity index (χ1v) is 11.0. The van der Waals surface area contributed by atoms with Crippen LogP contribution in [0.15, 0.2) is 4.52 Å². The molecule has 0 aliphatic heterocycles. The highest BCUT2D eigenvalue weighted by Gasteiger charge is 2.41. The minimum atomic E-state index is -0.839. The third kappa shape index (κ3) is 7.38. The lowest BCUT2D eigenvalue weighted by molar-refractivity contribution is -0.147. The van der Waals surface area contributed by atoms with E-state index in [1.807, 2.05) is 20.8 Å². The molecule has 30 heavy (non-hydrogen) atoms. The molecule has 0 spiro atoms. The van der Waals surface area contributed by atoms with Crippen LogP contribution in [0.2, 0.25) is 0 Å². The van der Waals surface area contributed by atoms with E-state index in [-0.39, 0.29) is 25.0 Å². The van der Waals surface area contributed by atoms with E-state index in [4.69, 9.17) is 4.52 Å². The fraction of sp³-hybridized carbons (Fsp3) is 0.818. The van der Waals surface area contributed by atoms with Crippen molar-refractivity contribution in [3.63, 3.8) is 0 Å². The molecule has 0 amide bonds. The van der Waals surface area contributed by atoms with Crippen molar-refractivity contribution in [2.75, 3.05) is 13.7 Å². The van der Waals surface area contributed by atoms with E-state index in [0.29, 0.717) is 18.1 Å². The van der Waals surface area contributed by atoms with Crippen molar-refractivity contribution in [3.8, 4) is 0 Å². The van der Waals surface area contributed by atoms with Crippen LogP contribution < -0.4 is 5.32 Å². The van der Waals surface area contributed by atoms with Gasteiger partial charge in [-0.15, -0.1) is 0 Å². The first kappa shape index (κ1) is 24.3. The van der Waals surface area contributed by atoms with Crippen molar-refractivity contribution in [2.45, 2.75) is 84.6 Å². The van der Waals surface area contributed by atoms with Crippen LogP contribution in [-0.2, 0) is 20.9 Å². The van der Waals surface area contributed by atoms with Crippen LogP contribution in [0.5, 0.6) is 0 Å². The Morgan fingerprint density at radius 3 is 2.57 bits per heavy atom. The van der Waals surface area contributed by atoms with Crippen LogP contribution in [0.1, 0.15) is 89.8 Å². The van der Waals surface area contributed by atoms with Gasteiger partial charge in [-0.3, -0.25) is 14.9 Å². The quantitative estimate of drug-likeness (QED) is 0.515. The maximum absolute atomic E-state index is 12.2. The number of methoxy groups -OCH3 is 1. The van der Waals surface area contributed by atoms with E-state index < -0.39 is 17.3 Å². The van der Waals surface area contributed by atoms with Crippen LogP contribution in [0, 0.1) is 17.3 Å². The number of rotatable bonds is 11. The molecule has 8 nitrogen and oxygen atoms in total. The Morgan fingerprint density at radius 1 is 1.27 bits per heavy atom. The topological polar surface area (TPSA) is 115 Å². The molecule has 2 atom stereocenters. The zero-order valence-corrected chi connectivity index (χ0v) is 18.8. The molecule has 1 aromatic heterocycles. The molecule has 1 heterocycles. The number of esters is 1. The first-order chi connectivity index (χ1) is 14.2. The van der Waals surface area contributed by atoms with Crippen LogP contribution in [0.3, 0.4) is 0 Å². The molecular weight excluding hydrogens is 386 g/mol. The van der Waals surface area contributed by atoms with Crippen LogP contribution >= 0.6 is 0 Å². The summed E-state index contributed by atoms with van der Waals surface area (Å²) in [5.74, 6) is -0.655. The molecule has 0 radical (unpaired) electrons. The van der Waals surface area contributed by atoms with Crippen molar-refractivity contribution in [1.29, 1.82) is 0 Å². The highest BCUT2D eigenvalue weighted by atomic mass is 16.5. The van der Waals surface area contributed by atoms with E-state index >= 15 is 0 Å². The van der Waals surface area contributed by atoms with E-state index in [1.165, 1.54) is 39.2 Å². The van der Waals surface area contributed by atoms with Gasteiger partial charge in [-0.25, -0.2) is 0 Å². The summed E-state index contributed by atoms with van der Waals surface area (Å²) in [4.78, 5) is 27.8. The fourth-order valence-corrected chi connectivity index (χ4v) is 4.52. The third-order valence-corrected chi connectivity index (χ3v) is 6.03. The highest BCUT2D eigenvalue weighted by Crippen LogP contribution is 2.41. The minimum absolute atomic E-state index is 0.0466. The molecule has 1 aromatic rings. The Kier molecular flexibility index (Phi) is 9.27. The number of carboxylic acid groups (broad SMARTS) is 1. The van der Waals surface area contributed by atoms with Gasteiger partial charge in [0.05, 0.1) is 32.0 Å². The summed E-state index contributed by atoms with van der Waals surface area (Å²) < 4.78 is 10.1. The Hall–Kier alpha value is -1.96. The zero-order chi connectivity index (χ0) is 22.1. The predicted octanol–water partition coefficient (Wildman–Crippen LogP) is 3.91. The second kappa shape index (κ2) is 11.4. The molecule has 0 aromatic carbocycles. The number of hydrogen-bond acceptors (Lipinski definition) is 7. The molecule has 1 saturated carbocycles. The van der Waals surface area contributed by atoms with Gasteiger partial charge in [0.15, 0.2) is 5.82 Å². The molecule has 8 heteroatoms. The van der Waals surface area contributed by atoms with Gasteiger partial charge < -0.3 is 14.4 Å². The number of nitrogens with zero attached hydrogens (tertiary/aromatic N) is 2. The molecular formula is C22H37N3O5. The van der Waals surface area contributed by atoms with Gasteiger partial charge in [0.25, 0.3) is 0 Å². The van der Waals surface area contributed by atoms with Gasteiger partial charge in [-0.1, -0.05) is 70.9 Å². The molecule has 0 saturated heterocycles. The summed E-state index contributed by atoms with van der Waals surface area (Å²) in [6.07, 6.45) is 9.29. The Bertz CT molecular complexity index is 677. The number of nitrogens with one attached hydrogen (secondary N) is 1. The van der Waals surface area contributed by atoms with Crippen LogP contribution in [0.4, 0.5) is 0 Å². The Balaban J connectivity index is 2.08. The van der Waals surface area contributed by atoms with Crippen molar-refractivity contribution in [3.05, 3.63) is 11.7 Å². The molecule has 0 bridgehead atoms. The standard InChI is InChI=1S/C22H37N3O5/c1-22(2,3)19(21(27)28)16(12-8-11-15-9-6-5-7-10-15)20-24-17(25-30-20)13-23-14-18(26)29-4/h15-16,19,23H,5-14H2,1-4H3,(H,27,28)/t16-,19?/m1/s1. The number of hydrogen-bond donors (Lipinski definition) is 2. The number of aromatic nitrogens is 2. The lowest BCUT2D eigenvalue weighted by Gasteiger charge is -2.32. The number of ether oxygens (including phenoxy) is 1. The summed E-state index contributed by atoms with van der Waals surface area (Å²) >= 11 is 0. The Labute approximate surface area is 179 Å². The highest BCUT2D eigenvalue weighted by molar-refractivity contribution is 5.72. The minimum Gasteiger partial charge on any atom is -0.481 e. The van der Waals surface area contributed by atoms with Crippen molar-refractivity contribution < 1.29 is 24.0 Å². The molecule has 2 N–H and O–H groups in total. The average molecular weight is 424 g/mol. The largest absolute Gasteiger partial charge is 0.481 e. The number of aliphatic carboxylic acids is 1. The summed E-state index contributed by atoms with van der Waals surface area (Å²) in [5, 5.41) is 16.9. The van der Waals surface area contributed by atoms with E-state index in [0.717, 1.165) is 18.8 Å². The van der Waals surface area contributed by atoms with E-state index in [1.54, 1.807) is 0 Å². The maximum atomic E-state index is 12.2. The molecule has 2 rings (SSSR count). The molecule has 1 aliphatic carbocycles. The third-order valence-electron chi connectivity index (χ3n) is 6.03. The normalized spacial score (nSPS) is 17.5. The lowest BCUT2D eigenvalue weighted by Crippen LogP contribution is -2.34. The van der Waals surface area contributed by atoms with Gasteiger partial charge in [0.1, 0.15) is 0 Å². The number of carboxylic acids is 1. The first-order valence-electron chi connectivity index (χ1n) is 11.0. The Morgan fingerprint density at radius 2 is 1.97 bits per heavy atom. The average Bonchev–Trinajstić information content (AvgIpc) is 3.15. The van der Waals surface area contributed by atoms with Gasteiger partial charge in [-0.05, 0) is 17.8 Å². The van der Waals surface area contributed by atoms with Crippen molar-refractivity contribution in [2.24, 2.45) is 17.3 Å². The van der Waals surface area contributed by atoms with Gasteiger partial charge in [0, 0.05) is 0 Å². The molecule has 1 aliphatic rings. The van der Waals surface area contributed by atoms with Gasteiger partial charge >= 0.3 is 11.9 Å². The summed E-state index contributed by atoms with van der Waals surface area (Å²) in [6.45, 7) is 6.12. The summed E-state index contributed by atoms with van der Waals surface area (Å²) in [6, 6.07) is 0.